The van der Waals surface area contributed by atoms with Crippen LogP contribution in [0.25, 0.3) is 0 Å². The van der Waals surface area contributed by atoms with Crippen molar-refractivity contribution in [1.82, 2.24) is 0 Å². The Balaban J connectivity index is 2.04. The SMILES string of the molecule is O=C(O)OC1CSc2sccc2C1. The quantitative estimate of drug-likeness (QED) is 0.732. The van der Waals surface area contributed by atoms with Crippen molar-refractivity contribution in [2.45, 2.75) is 16.7 Å². The van der Waals surface area contributed by atoms with E-state index in [9.17, 15) is 4.79 Å². The molecule has 1 unspecified atom stereocenters. The number of carboxylic acid groups (broad SMARTS) is 1. The monoisotopic (exact) mass is 216 g/mol. The average molecular weight is 216 g/mol. The van der Waals surface area contributed by atoms with Gasteiger partial charge in [0.15, 0.2) is 0 Å². The molecule has 1 aliphatic heterocycles. The third-order valence-electron chi connectivity index (χ3n) is 1.82. The third-order valence-corrected chi connectivity index (χ3v) is 4.28. The van der Waals surface area contributed by atoms with Crippen LogP contribution < -0.4 is 0 Å². The Kier molecular flexibility index (Phi) is 2.46. The smallest absolute Gasteiger partial charge is 0.450 e. The van der Waals surface area contributed by atoms with E-state index in [0.29, 0.717) is 0 Å². The van der Waals surface area contributed by atoms with E-state index in [1.807, 2.05) is 11.4 Å². The fourth-order valence-electron chi connectivity index (χ4n) is 1.29. The van der Waals surface area contributed by atoms with Crippen molar-refractivity contribution >= 4 is 29.3 Å². The number of ether oxygens (including phenoxy) is 1. The highest BCUT2D eigenvalue weighted by Gasteiger charge is 2.22. The summed E-state index contributed by atoms with van der Waals surface area (Å²) in [6, 6.07) is 2.03. The van der Waals surface area contributed by atoms with Gasteiger partial charge in [-0.05, 0) is 17.0 Å². The van der Waals surface area contributed by atoms with Crippen LogP contribution in [0, 0.1) is 0 Å². The van der Waals surface area contributed by atoms with Crippen molar-refractivity contribution < 1.29 is 14.6 Å². The molecule has 1 aromatic rings. The maximum Gasteiger partial charge on any atom is 0.506 e. The topological polar surface area (TPSA) is 46.5 Å². The van der Waals surface area contributed by atoms with Crippen molar-refractivity contribution in [2.75, 3.05) is 5.75 Å². The molecule has 0 saturated heterocycles. The summed E-state index contributed by atoms with van der Waals surface area (Å²) in [7, 11) is 0. The molecular formula is C8H8O3S2. The molecule has 3 nitrogen and oxygen atoms in total. The second kappa shape index (κ2) is 3.59. The van der Waals surface area contributed by atoms with Crippen molar-refractivity contribution in [1.29, 1.82) is 0 Å². The summed E-state index contributed by atoms with van der Waals surface area (Å²) in [6.07, 6.45) is -0.633. The molecule has 13 heavy (non-hydrogen) atoms. The molecule has 5 heteroatoms. The zero-order valence-corrected chi connectivity index (χ0v) is 8.36. The van der Waals surface area contributed by atoms with Crippen LogP contribution in [-0.2, 0) is 11.2 Å². The van der Waals surface area contributed by atoms with E-state index < -0.39 is 6.16 Å². The molecule has 2 rings (SSSR count). The molecule has 1 atom stereocenters. The Hall–Kier alpha value is -0.680. The molecular weight excluding hydrogens is 208 g/mol. The van der Waals surface area contributed by atoms with E-state index in [0.717, 1.165) is 12.2 Å². The molecule has 70 valence electrons. The first kappa shape index (κ1) is 8.90. The first-order valence-electron chi connectivity index (χ1n) is 3.84. The Morgan fingerprint density at radius 3 is 3.31 bits per heavy atom. The summed E-state index contributed by atoms with van der Waals surface area (Å²) in [6.45, 7) is 0. The zero-order valence-electron chi connectivity index (χ0n) is 6.73. The Morgan fingerprint density at radius 1 is 1.69 bits per heavy atom. The van der Waals surface area contributed by atoms with E-state index in [4.69, 9.17) is 9.84 Å². The van der Waals surface area contributed by atoms with Crippen LogP contribution in [0.5, 0.6) is 0 Å². The lowest BCUT2D eigenvalue weighted by molar-refractivity contribution is 0.0603. The van der Waals surface area contributed by atoms with E-state index in [1.165, 1.54) is 9.77 Å². The van der Waals surface area contributed by atoms with Gasteiger partial charge in [0.2, 0.25) is 0 Å². The van der Waals surface area contributed by atoms with Gasteiger partial charge in [-0.2, -0.15) is 0 Å². The van der Waals surface area contributed by atoms with Crippen LogP contribution in [0.3, 0.4) is 0 Å². The van der Waals surface area contributed by atoms with Crippen molar-refractivity contribution in [2.24, 2.45) is 0 Å². The molecule has 0 spiro atoms. The van der Waals surface area contributed by atoms with E-state index in [1.54, 1.807) is 23.1 Å². The predicted molar refractivity (Wildman–Crippen MR) is 51.6 cm³/mol. The van der Waals surface area contributed by atoms with Gasteiger partial charge in [0.1, 0.15) is 6.10 Å². The van der Waals surface area contributed by atoms with Gasteiger partial charge in [0.25, 0.3) is 0 Å². The molecule has 1 N–H and O–H groups in total. The van der Waals surface area contributed by atoms with Gasteiger partial charge in [-0.1, -0.05) is 0 Å². The van der Waals surface area contributed by atoms with Crippen LogP contribution in [-0.4, -0.2) is 23.1 Å². The van der Waals surface area contributed by atoms with E-state index in [-0.39, 0.29) is 6.10 Å². The number of fused-ring (bicyclic) bond motifs is 1. The predicted octanol–water partition coefficient (Wildman–Crippen LogP) is 2.46. The standard InChI is InChI=1S/C8H8O3S2/c9-8(10)11-6-3-5-1-2-12-7(5)13-4-6/h1-2,6H,3-4H2,(H,9,10). The fourth-order valence-corrected chi connectivity index (χ4v) is 3.45. The molecule has 0 aromatic carbocycles. The highest BCUT2D eigenvalue weighted by Crippen LogP contribution is 2.35. The molecule has 0 aliphatic carbocycles. The number of thioether (sulfide) groups is 1. The number of hydrogen-bond donors (Lipinski definition) is 1. The number of thiophene rings is 1. The van der Waals surface area contributed by atoms with Gasteiger partial charge in [-0.15, -0.1) is 23.1 Å². The first-order valence-corrected chi connectivity index (χ1v) is 5.71. The third kappa shape index (κ3) is 1.97. The summed E-state index contributed by atoms with van der Waals surface area (Å²) in [5, 5.41) is 10.5. The summed E-state index contributed by atoms with van der Waals surface area (Å²) < 4.78 is 6.01. The molecule has 1 aliphatic rings. The van der Waals surface area contributed by atoms with Gasteiger partial charge in [-0.3, -0.25) is 0 Å². The van der Waals surface area contributed by atoms with Crippen LogP contribution in [0.15, 0.2) is 15.7 Å². The summed E-state index contributed by atoms with van der Waals surface area (Å²) in [5.41, 5.74) is 1.22. The summed E-state index contributed by atoms with van der Waals surface area (Å²) in [5.74, 6) is 0.736. The molecule has 0 fully saturated rings. The molecule has 0 radical (unpaired) electrons. The second-order valence-corrected chi connectivity index (χ2v) is 4.96. The lowest BCUT2D eigenvalue weighted by atomic mass is 10.1. The van der Waals surface area contributed by atoms with Gasteiger partial charge < -0.3 is 9.84 Å². The van der Waals surface area contributed by atoms with Crippen LogP contribution >= 0.6 is 23.1 Å². The Morgan fingerprint density at radius 2 is 2.54 bits per heavy atom. The van der Waals surface area contributed by atoms with E-state index >= 15 is 0 Å². The Bertz CT molecular complexity index is 321. The van der Waals surface area contributed by atoms with Crippen molar-refractivity contribution in [3.63, 3.8) is 0 Å². The van der Waals surface area contributed by atoms with Crippen molar-refractivity contribution in [3.05, 3.63) is 17.0 Å². The van der Waals surface area contributed by atoms with Crippen LogP contribution in [0.1, 0.15) is 5.56 Å². The summed E-state index contributed by atoms with van der Waals surface area (Å²) >= 11 is 3.38. The minimum absolute atomic E-state index is 0.176. The average Bonchev–Trinajstić information content (AvgIpc) is 2.49. The van der Waals surface area contributed by atoms with Gasteiger partial charge >= 0.3 is 6.16 Å². The molecule has 0 amide bonds. The normalized spacial score (nSPS) is 20.8. The molecule has 1 aromatic heterocycles. The first-order chi connectivity index (χ1) is 6.25. The maximum atomic E-state index is 10.3. The van der Waals surface area contributed by atoms with Gasteiger partial charge in [0, 0.05) is 12.2 Å². The number of carbonyl (C=O) groups is 1. The number of hydrogen-bond acceptors (Lipinski definition) is 4. The minimum atomic E-state index is -1.18. The van der Waals surface area contributed by atoms with Gasteiger partial charge in [0.05, 0.1) is 4.21 Å². The second-order valence-electron chi connectivity index (χ2n) is 2.75. The summed E-state index contributed by atoms with van der Waals surface area (Å²) in [4.78, 5) is 10.3. The highest BCUT2D eigenvalue weighted by molar-refractivity contribution is 8.01. The lowest BCUT2D eigenvalue weighted by Gasteiger charge is -2.19. The van der Waals surface area contributed by atoms with Crippen LogP contribution in [0.4, 0.5) is 4.79 Å². The van der Waals surface area contributed by atoms with Gasteiger partial charge in [-0.25, -0.2) is 4.79 Å². The highest BCUT2D eigenvalue weighted by atomic mass is 32.2. The van der Waals surface area contributed by atoms with E-state index in [2.05, 4.69) is 0 Å². The molecule has 2 heterocycles. The molecule has 0 bridgehead atoms. The maximum absolute atomic E-state index is 10.3. The fraction of sp³-hybridized carbons (Fsp3) is 0.375. The van der Waals surface area contributed by atoms with Crippen LogP contribution in [0.2, 0.25) is 0 Å². The zero-order chi connectivity index (χ0) is 9.26. The Labute approximate surface area is 83.7 Å². The van der Waals surface area contributed by atoms with Crippen molar-refractivity contribution in [3.8, 4) is 0 Å². The lowest BCUT2D eigenvalue weighted by Crippen LogP contribution is -2.24. The number of rotatable bonds is 1. The largest absolute Gasteiger partial charge is 0.506 e. The minimum Gasteiger partial charge on any atom is -0.450 e. The molecule has 0 saturated carbocycles.